The summed E-state index contributed by atoms with van der Waals surface area (Å²) in [4.78, 5) is 19.3. The maximum absolute atomic E-state index is 12.6. The molecule has 0 saturated heterocycles. The van der Waals surface area contributed by atoms with Crippen LogP contribution in [0.4, 0.5) is 18.9 Å². The van der Waals surface area contributed by atoms with Crippen LogP contribution in [-0.2, 0) is 35.5 Å². The molecule has 1 atom stereocenters. The number of hydrogen-bond acceptors (Lipinski definition) is 5. The lowest BCUT2D eigenvalue weighted by Gasteiger charge is -2.18. The molecule has 0 fully saturated rings. The Morgan fingerprint density at radius 3 is 2.08 bits per heavy atom. The molecule has 0 bridgehead atoms. The van der Waals surface area contributed by atoms with Crippen molar-refractivity contribution in [2.45, 2.75) is 57.9 Å². The highest BCUT2D eigenvalue weighted by Gasteiger charge is 2.35. The van der Waals surface area contributed by atoms with E-state index in [4.69, 9.17) is 21.8 Å². The van der Waals surface area contributed by atoms with Crippen LogP contribution in [0, 0.1) is 0 Å². The van der Waals surface area contributed by atoms with Crippen molar-refractivity contribution >= 4 is 29.2 Å². The van der Waals surface area contributed by atoms with E-state index in [-0.39, 0.29) is 19.4 Å². The summed E-state index contributed by atoms with van der Waals surface area (Å²) >= 11 is 6.43. The fraction of sp³-hybridized carbons (Fsp3) is 0.440. The molecule has 1 heterocycles. The highest BCUT2D eigenvalue weighted by Crippen LogP contribution is 2.31. The molecule has 7 nitrogen and oxygen atoms in total. The van der Waals surface area contributed by atoms with E-state index in [9.17, 15) is 22.8 Å². The highest BCUT2D eigenvalue weighted by molar-refractivity contribution is 6.33. The van der Waals surface area contributed by atoms with Gasteiger partial charge in [0.1, 0.15) is 6.04 Å². The van der Waals surface area contributed by atoms with Crippen LogP contribution >= 0.6 is 11.6 Å². The minimum atomic E-state index is -4.23. The summed E-state index contributed by atoms with van der Waals surface area (Å²) in [7, 11) is 0. The zero-order valence-corrected chi connectivity index (χ0v) is 20.7. The van der Waals surface area contributed by atoms with Gasteiger partial charge in [0.05, 0.1) is 23.6 Å². The average molecular weight is 530 g/mol. The number of benzene rings is 2. The number of rotatable bonds is 9. The van der Waals surface area contributed by atoms with Gasteiger partial charge in [-0.2, -0.15) is 13.2 Å². The smallest absolute Gasteiger partial charge is 0.403 e. The van der Waals surface area contributed by atoms with Gasteiger partial charge in [0.15, 0.2) is 0 Å². The fourth-order valence-electron chi connectivity index (χ4n) is 3.50. The summed E-state index contributed by atoms with van der Waals surface area (Å²) in [5.74, 6) is -2.15. The first-order valence-electron chi connectivity index (χ1n) is 11.5. The van der Waals surface area contributed by atoms with Crippen molar-refractivity contribution in [1.29, 1.82) is 0 Å². The predicted octanol–water partition coefficient (Wildman–Crippen LogP) is 4.62. The average Bonchev–Trinajstić information content (AvgIpc) is 3.07. The molecule has 1 unspecified atom stereocenters. The van der Waals surface area contributed by atoms with E-state index in [1.807, 2.05) is 30.3 Å². The Morgan fingerprint density at radius 1 is 0.972 bits per heavy atom. The Hall–Kier alpha value is -2.82. The zero-order chi connectivity index (χ0) is 26.7. The molecule has 5 N–H and O–H groups in total. The molecule has 2 aromatic rings. The van der Waals surface area contributed by atoms with Crippen LogP contribution in [-0.4, -0.2) is 47.5 Å². The number of carbonyl (C=O) groups is 2. The maximum atomic E-state index is 12.6. The predicted molar refractivity (Wildman–Crippen MR) is 132 cm³/mol. The van der Waals surface area contributed by atoms with Gasteiger partial charge < -0.3 is 26.2 Å². The molecular formula is C25H31ClF3N3O4. The lowest BCUT2D eigenvalue weighted by Crippen LogP contribution is -2.39. The van der Waals surface area contributed by atoms with Gasteiger partial charge in [0.25, 0.3) is 0 Å². The molecule has 2 aromatic carbocycles. The number of nitrogens with one attached hydrogen (secondary N) is 3. The normalized spacial score (nSPS) is 14.0. The molecule has 0 aromatic heterocycles. The van der Waals surface area contributed by atoms with Crippen LogP contribution < -0.4 is 16.0 Å². The minimum absolute atomic E-state index is 0.180. The van der Waals surface area contributed by atoms with Gasteiger partial charge in [-0.3, -0.25) is 9.59 Å². The number of alkyl halides is 3. The monoisotopic (exact) mass is 529 g/mol. The summed E-state index contributed by atoms with van der Waals surface area (Å²) in [6.45, 7) is 3.81. The summed E-state index contributed by atoms with van der Waals surface area (Å²) in [5, 5.41) is 25.9. The molecule has 1 aliphatic rings. The number of aliphatic carboxylic acids is 2. The second-order valence-corrected chi connectivity index (χ2v) is 8.82. The first-order chi connectivity index (χ1) is 17.0. The van der Waals surface area contributed by atoms with E-state index < -0.39 is 24.2 Å². The lowest BCUT2D eigenvalue weighted by molar-refractivity contribution is -0.151. The second-order valence-electron chi connectivity index (χ2n) is 8.41. The number of carboxylic acid groups (broad SMARTS) is 2. The van der Waals surface area contributed by atoms with Crippen molar-refractivity contribution in [2.75, 3.05) is 18.4 Å². The third-order valence-electron chi connectivity index (χ3n) is 5.63. The molecule has 0 radical (unpaired) electrons. The quantitative estimate of drug-likeness (QED) is 0.322. The second kappa shape index (κ2) is 14.1. The maximum Gasteiger partial charge on any atom is 0.403 e. The van der Waals surface area contributed by atoms with E-state index >= 15 is 0 Å². The van der Waals surface area contributed by atoms with Crippen LogP contribution in [0.25, 0.3) is 0 Å². The van der Waals surface area contributed by atoms with Crippen LogP contribution in [0.3, 0.4) is 0 Å². The third-order valence-corrected chi connectivity index (χ3v) is 5.95. The topological polar surface area (TPSA) is 111 Å². The summed E-state index contributed by atoms with van der Waals surface area (Å²) in [6.07, 6.45) is -2.91. The molecule has 0 saturated carbocycles. The van der Waals surface area contributed by atoms with Crippen molar-refractivity contribution in [3.8, 4) is 0 Å². The molecule has 198 valence electrons. The van der Waals surface area contributed by atoms with Crippen molar-refractivity contribution in [1.82, 2.24) is 10.6 Å². The number of fused-ring (bicyclic) bond motifs is 1. The van der Waals surface area contributed by atoms with E-state index in [1.165, 1.54) is 11.1 Å². The minimum Gasteiger partial charge on any atom is -0.481 e. The van der Waals surface area contributed by atoms with Crippen molar-refractivity contribution < 1.29 is 33.0 Å². The Kier molecular flexibility index (Phi) is 11.5. The third kappa shape index (κ3) is 10.0. The number of hydrogen-bond donors (Lipinski definition) is 5. The molecule has 0 spiro atoms. The Balaban J connectivity index is 0.000000493. The molecule has 0 amide bonds. The molecule has 11 heteroatoms. The van der Waals surface area contributed by atoms with Gasteiger partial charge in [-0.25, -0.2) is 0 Å². The van der Waals surface area contributed by atoms with Crippen LogP contribution in [0.15, 0.2) is 36.4 Å². The first kappa shape index (κ1) is 29.4. The summed E-state index contributed by atoms with van der Waals surface area (Å²) < 4.78 is 37.7. The highest BCUT2D eigenvalue weighted by atomic mass is 35.5. The van der Waals surface area contributed by atoms with Crippen molar-refractivity contribution in [3.63, 3.8) is 0 Å². The van der Waals surface area contributed by atoms with Crippen molar-refractivity contribution in [2.24, 2.45) is 0 Å². The van der Waals surface area contributed by atoms with Crippen LogP contribution in [0.1, 0.15) is 42.0 Å². The Labute approximate surface area is 213 Å². The fourth-order valence-corrected chi connectivity index (χ4v) is 3.74. The van der Waals surface area contributed by atoms with Gasteiger partial charge in [0.2, 0.25) is 0 Å². The summed E-state index contributed by atoms with van der Waals surface area (Å²) in [6, 6.07) is 10.1. The number of halogens is 4. The number of anilines is 1. The zero-order valence-electron chi connectivity index (χ0n) is 19.9. The largest absolute Gasteiger partial charge is 0.481 e. The SMILES string of the molecule is CC(NCc1ccc(CNc2c(Cl)ccc3c2CCNCC3)cc1)C(F)(F)F.O=C(O)CCC(=O)O. The van der Waals surface area contributed by atoms with Gasteiger partial charge >= 0.3 is 18.1 Å². The van der Waals surface area contributed by atoms with E-state index in [0.717, 1.165) is 49.7 Å². The van der Waals surface area contributed by atoms with E-state index in [2.05, 4.69) is 22.0 Å². The Bertz CT molecular complexity index is 1000. The molecule has 1 aliphatic heterocycles. The van der Waals surface area contributed by atoms with Gasteiger partial charge in [-0.05, 0) is 61.2 Å². The van der Waals surface area contributed by atoms with E-state index in [1.54, 1.807) is 0 Å². The van der Waals surface area contributed by atoms with Gasteiger partial charge in [0, 0.05) is 13.1 Å². The van der Waals surface area contributed by atoms with Crippen LogP contribution in [0.2, 0.25) is 5.02 Å². The Morgan fingerprint density at radius 2 is 1.53 bits per heavy atom. The van der Waals surface area contributed by atoms with Gasteiger partial charge in [-0.1, -0.05) is 41.9 Å². The lowest BCUT2D eigenvalue weighted by atomic mass is 10.0. The molecule has 0 aliphatic carbocycles. The molecule has 3 rings (SSSR count). The molecular weight excluding hydrogens is 499 g/mol. The first-order valence-corrected chi connectivity index (χ1v) is 11.9. The van der Waals surface area contributed by atoms with Crippen molar-refractivity contribution in [3.05, 3.63) is 63.7 Å². The van der Waals surface area contributed by atoms with Crippen LogP contribution in [0.5, 0.6) is 0 Å². The standard InChI is InChI=1S/C21H25ClF3N3.C4H6O4/c1-14(21(23,24)25)27-12-15-2-4-16(5-3-15)13-28-20-18-9-11-26-10-8-17(18)6-7-19(20)22;5-3(6)1-2-4(7)8/h2-7,14,26-28H,8-13H2,1H3;1-2H2,(H,5,6)(H,7,8). The molecule has 36 heavy (non-hydrogen) atoms. The number of carboxylic acids is 2. The summed E-state index contributed by atoms with van der Waals surface area (Å²) in [5.41, 5.74) is 5.43. The van der Waals surface area contributed by atoms with E-state index in [0.29, 0.717) is 11.6 Å². The van der Waals surface area contributed by atoms with Gasteiger partial charge in [-0.15, -0.1) is 0 Å².